The standard InChI is InChI=1S/C30H36N4O4/c1-3-37-28(36)5-4-14-33-15-12-30(21-33)18-24(19-30)7-6-23-8-10-25(11-9-23)27-17-26(32-38-27)20-34-16-13-31-29(34)22(2)35/h8-11,13,16-17,22,24,35H,3-5,12,14-15,18-21H2,1-2H3/t22-,24?,30?/m0/s1. The second-order valence-electron chi connectivity index (χ2n) is 10.7. The molecule has 8 nitrogen and oxygen atoms in total. The summed E-state index contributed by atoms with van der Waals surface area (Å²) in [6.07, 6.45) is 7.81. The largest absolute Gasteiger partial charge is 0.466 e. The summed E-state index contributed by atoms with van der Waals surface area (Å²) >= 11 is 0. The van der Waals surface area contributed by atoms with E-state index < -0.39 is 6.10 Å². The summed E-state index contributed by atoms with van der Waals surface area (Å²) in [5.41, 5.74) is 3.14. The van der Waals surface area contributed by atoms with Gasteiger partial charge in [0.25, 0.3) is 0 Å². The van der Waals surface area contributed by atoms with Crippen LogP contribution in [0, 0.1) is 23.2 Å². The number of carbonyl (C=O) groups is 1. The summed E-state index contributed by atoms with van der Waals surface area (Å²) in [4.78, 5) is 18.2. The molecule has 5 rings (SSSR count). The van der Waals surface area contributed by atoms with Crippen LogP contribution in [0.15, 0.2) is 47.2 Å². The van der Waals surface area contributed by atoms with Crippen molar-refractivity contribution in [3.63, 3.8) is 0 Å². The molecule has 0 radical (unpaired) electrons. The van der Waals surface area contributed by atoms with E-state index in [0.29, 0.717) is 42.5 Å². The summed E-state index contributed by atoms with van der Waals surface area (Å²) in [5, 5.41) is 14.0. The zero-order chi connectivity index (χ0) is 26.5. The number of nitrogens with zero attached hydrogens (tertiary/aromatic N) is 4. The van der Waals surface area contributed by atoms with Gasteiger partial charge in [-0.15, -0.1) is 0 Å². The first-order chi connectivity index (χ1) is 18.4. The Morgan fingerprint density at radius 2 is 2.13 bits per heavy atom. The molecule has 1 atom stereocenters. The Bertz CT molecular complexity index is 1290. The van der Waals surface area contributed by atoms with Crippen molar-refractivity contribution in [1.82, 2.24) is 19.6 Å². The highest BCUT2D eigenvalue weighted by Crippen LogP contribution is 2.51. The van der Waals surface area contributed by atoms with E-state index in [2.05, 4.69) is 26.9 Å². The van der Waals surface area contributed by atoms with Gasteiger partial charge in [-0.2, -0.15) is 0 Å². The lowest BCUT2D eigenvalue weighted by Crippen LogP contribution is -2.39. The fraction of sp³-hybridized carbons (Fsp3) is 0.500. The van der Waals surface area contributed by atoms with Gasteiger partial charge in [0, 0.05) is 48.5 Å². The molecule has 0 bridgehead atoms. The summed E-state index contributed by atoms with van der Waals surface area (Å²) in [7, 11) is 0. The Hall–Kier alpha value is -3.41. The van der Waals surface area contributed by atoms with Crippen molar-refractivity contribution in [2.75, 3.05) is 26.2 Å². The van der Waals surface area contributed by atoms with Crippen molar-refractivity contribution < 1.29 is 19.2 Å². The number of likely N-dealkylation sites (tertiary alicyclic amines) is 1. The van der Waals surface area contributed by atoms with Crippen molar-refractivity contribution in [3.05, 3.63) is 59.8 Å². The Morgan fingerprint density at radius 3 is 2.89 bits per heavy atom. The minimum Gasteiger partial charge on any atom is -0.466 e. The molecule has 2 aliphatic rings. The van der Waals surface area contributed by atoms with Gasteiger partial charge < -0.3 is 23.8 Å². The number of benzene rings is 1. The van der Waals surface area contributed by atoms with Crippen LogP contribution in [-0.2, 0) is 16.1 Å². The molecule has 1 N–H and O–H groups in total. The molecule has 2 fully saturated rings. The van der Waals surface area contributed by atoms with Gasteiger partial charge in [0.05, 0.1) is 13.2 Å². The van der Waals surface area contributed by atoms with Gasteiger partial charge in [-0.1, -0.05) is 17.0 Å². The van der Waals surface area contributed by atoms with Crippen LogP contribution in [0.2, 0.25) is 0 Å². The molecule has 1 aliphatic carbocycles. The minimum atomic E-state index is -0.641. The van der Waals surface area contributed by atoms with Gasteiger partial charge in [0.2, 0.25) is 0 Å². The van der Waals surface area contributed by atoms with Gasteiger partial charge >= 0.3 is 5.97 Å². The molecule has 1 saturated heterocycles. The number of hydrogen-bond donors (Lipinski definition) is 1. The zero-order valence-corrected chi connectivity index (χ0v) is 22.2. The molecule has 1 spiro atoms. The fourth-order valence-electron chi connectivity index (χ4n) is 5.74. The van der Waals surface area contributed by atoms with Gasteiger partial charge in [0.15, 0.2) is 5.76 Å². The maximum atomic E-state index is 11.5. The van der Waals surface area contributed by atoms with E-state index in [4.69, 9.17) is 9.26 Å². The van der Waals surface area contributed by atoms with Crippen LogP contribution in [-0.4, -0.2) is 56.9 Å². The number of carbonyl (C=O) groups excluding carboxylic acids is 1. The first kappa shape index (κ1) is 26.2. The van der Waals surface area contributed by atoms with E-state index in [1.807, 2.05) is 48.0 Å². The predicted octanol–water partition coefficient (Wildman–Crippen LogP) is 4.44. The van der Waals surface area contributed by atoms with Crippen molar-refractivity contribution in [2.45, 2.75) is 58.6 Å². The third kappa shape index (κ3) is 6.17. The maximum absolute atomic E-state index is 11.5. The van der Waals surface area contributed by atoms with Crippen LogP contribution in [0.4, 0.5) is 0 Å². The zero-order valence-electron chi connectivity index (χ0n) is 22.2. The minimum absolute atomic E-state index is 0.0864. The number of esters is 1. The highest BCUT2D eigenvalue weighted by atomic mass is 16.5. The van der Waals surface area contributed by atoms with Crippen LogP contribution in [0.3, 0.4) is 0 Å². The van der Waals surface area contributed by atoms with Gasteiger partial charge in [-0.05, 0) is 82.3 Å². The second-order valence-corrected chi connectivity index (χ2v) is 10.7. The van der Waals surface area contributed by atoms with Crippen LogP contribution < -0.4 is 0 Å². The predicted molar refractivity (Wildman–Crippen MR) is 143 cm³/mol. The van der Waals surface area contributed by atoms with Gasteiger partial charge in [0.1, 0.15) is 17.6 Å². The van der Waals surface area contributed by atoms with Crippen molar-refractivity contribution in [1.29, 1.82) is 0 Å². The molecule has 1 saturated carbocycles. The second kappa shape index (κ2) is 11.5. The quantitative estimate of drug-likeness (QED) is 0.332. The normalized spacial score (nSPS) is 21.6. The molecule has 0 unspecified atom stereocenters. The summed E-state index contributed by atoms with van der Waals surface area (Å²) in [6, 6.07) is 10.0. The Kier molecular flexibility index (Phi) is 7.96. The molecule has 3 heterocycles. The lowest BCUT2D eigenvalue weighted by molar-refractivity contribution is -0.143. The molecule has 2 aromatic heterocycles. The third-order valence-corrected chi connectivity index (χ3v) is 7.64. The number of ether oxygens (including phenoxy) is 1. The van der Waals surface area contributed by atoms with Gasteiger partial charge in [-0.25, -0.2) is 4.98 Å². The monoisotopic (exact) mass is 516 g/mol. The number of hydrogen-bond acceptors (Lipinski definition) is 7. The van der Waals surface area contributed by atoms with E-state index >= 15 is 0 Å². The number of imidazole rings is 1. The molecule has 0 amide bonds. The molecular weight excluding hydrogens is 480 g/mol. The number of aromatic nitrogens is 3. The smallest absolute Gasteiger partial charge is 0.305 e. The number of aliphatic hydroxyl groups is 1. The highest BCUT2D eigenvalue weighted by molar-refractivity contribution is 5.69. The Balaban J connectivity index is 1.09. The first-order valence-corrected chi connectivity index (χ1v) is 13.6. The molecule has 3 aromatic rings. The first-order valence-electron chi connectivity index (χ1n) is 13.6. The van der Waals surface area contributed by atoms with E-state index in [1.165, 1.54) is 19.3 Å². The summed E-state index contributed by atoms with van der Waals surface area (Å²) < 4.78 is 12.5. The SMILES string of the molecule is CCOC(=O)CCCN1CCC2(CC(C#Cc3ccc(-c4cc(Cn5ccnc5[C@H](C)O)no4)cc3)C2)C1. The maximum Gasteiger partial charge on any atom is 0.305 e. The van der Waals surface area contributed by atoms with E-state index in [9.17, 15) is 9.90 Å². The molecule has 38 heavy (non-hydrogen) atoms. The number of aliphatic hydroxyl groups excluding tert-OH is 1. The highest BCUT2D eigenvalue weighted by Gasteiger charge is 2.47. The topological polar surface area (TPSA) is 93.6 Å². The average molecular weight is 517 g/mol. The molecule has 8 heteroatoms. The molecule has 1 aromatic carbocycles. The van der Waals surface area contributed by atoms with Crippen LogP contribution >= 0.6 is 0 Å². The van der Waals surface area contributed by atoms with Crippen LogP contribution in [0.1, 0.15) is 69.1 Å². The average Bonchev–Trinajstić information content (AvgIpc) is 3.63. The lowest BCUT2D eigenvalue weighted by Gasteiger charge is -2.43. The van der Waals surface area contributed by atoms with Crippen molar-refractivity contribution in [3.8, 4) is 23.2 Å². The van der Waals surface area contributed by atoms with E-state index in [1.54, 1.807) is 13.1 Å². The van der Waals surface area contributed by atoms with Crippen LogP contribution in [0.25, 0.3) is 11.3 Å². The Morgan fingerprint density at radius 1 is 1.32 bits per heavy atom. The summed E-state index contributed by atoms with van der Waals surface area (Å²) in [5.74, 6) is 8.52. The van der Waals surface area contributed by atoms with Crippen LogP contribution in [0.5, 0.6) is 0 Å². The van der Waals surface area contributed by atoms with Gasteiger partial charge in [-0.3, -0.25) is 4.79 Å². The van der Waals surface area contributed by atoms with E-state index in [0.717, 1.165) is 42.9 Å². The fourth-order valence-corrected chi connectivity index (χ4v) is 5.74. The van der Waals surface area contributed by atoms with Crippen molar-refractivity contribution in [2.24, 2.45) is 11.3 Å². The number of rotatable bonds is 9. The lowest BCUT2D eigenvalue weighted by atomic mass is 9.62. The molecule has 200 valence electrons. The van der Waals surface area contributed by atoms with Crippen molar-refractivity contribution >= 4 is 5.97 Å². The molecule has 1 aliphatic heterocycles. The molecular formula is C30H36N4O4. The van der Waals surface area contributed by atoms with E-state index in [-0.39, 0.29) is 5.97 Å². The third-order valence-electron chi connectivity index (χ3n) is 7.64. The Labute approximate surface area is 224 Å². The summed E-state index contributed by atoms with van der Waals surface area (Å²) in [6.45, 7) is 7.72.